The summed E-state index contributed by atoms with van der Waals surface area (Å²) in [6.07, 6.45) is -11.2. The Bertz CT molecular complexity index is 3810. The smallest absolute Gasteiger partial charge is 0.408 e. The summed E-state index contributed by atoms with van der Waals surface area (Å²) in [4.78, 5) is 123. The number of piperidine rings is 1. The van der Waals surface area contributed by atoms with Crippen LogP contribution in [0.4, 0.5) is 16.3 Å². The largest absolute Gasteiger partial charge is 0.508 e. The first-order chi connectivity index (χ1) is 46.5. The van der Waals surface area contributed by atoms with Gasteiger partial charge in [0.1, 0.15) is 64.8 Å². The molecule has 9 rings (SSSR count). The molecule has 99 heavy (non-hydrogen) atoms. The maximum atomic E-state index is 15.5. The fourth-order valence-corrected chi connectivity index (χ4v) is 14.7. The van der Waals surface area contributed by atoms with Gasteiger partial charge in [0, 0.05) is 70.4 Å². The number of aliphatic hydroxyl groups excluding tert-OH is 2. The number of pyridine rings is 1. The highest BCUT2D eigenvalue weighted by molar-refractivity contribution is 6.48. The Morgan fingerprint density at radius 2 is 1.54 bits per heavy atom. The molecule has 2 bridgehead atoms. The Morgan fingerprint density at radius 1 is 0.889 bits per heavy atom. The molecule has 5 aliphatic rings. The second-order valence-corrected chi connectivity index (χ2v) is 28.1. The molecule has 3 amide bonds. The monoisotopic (exact) mass is 1370 g/mol. The van der Waals surface area contributed by atoms with E-state index in [4.69, 9.17) is 39.2 Å². The summed E-state index contributed by atoms with van der Waals surface area (Å²) in [5.41, 5.74) is -8.64. The fraction of sp³-hybridized carbons (Fsp3) is 0.514. The number of benzene rings is 3. The van der Waals surface area contributed by atoms with Crippen LogP contribution in [0, 0.1) is 27.6 Å². The zero-order chi connectivity index (χ0) is 72.6. The molecule has 1 aromatic heterocycles. The number of ketones is 1. The molecule has 4 aromatic rings. The van der Waals surface area contributed by atoms with Crippen LogP contribution in [0.15, 0.2) is 102 Å². The van der Waals surface area contributed by atoms with Gasteiger partial charge in [-0.05, 0) is 113 Å². The van der Waals surface area contributed by atoms with Gasteiger partial charge in [-0.1, -0.05) is 76.2 Å². The maximum absolute atomic E-state index is 15.5. The molecule has 3 aromatic carbocycles. The third kappa shape index (κ3) is 14.5. The van der Waals surface area contributed by atoms with Gasteiger partial charge in [-0.15, -0.1) is 0 Å². The topological polar surface area (TPSA) is 387 Å². The fourth-order valence-electron chi connectivity index (χ4n) is 14.7. The van der Waals surface area contributed by atoms with Gasteiger partial charge in [-0.25, -0.2) is 19.4 Å². The number of amidine groups is 2. The van der Waals surface area contributed by atoms with Crippen LogP contribution in [0.25, 0.3) is 0 Å². The van der Waals surface area contributed by atoms with Gasteiger partial charge in [0.15, 0.2) is 17.2 Å². The Labute approximate surface area is 574 Å². The lowest BCUT2D eigenvalue weighted by molar-refractivity contribution is -0.346. The normalized spacial score (nSPS) is 25.5. The van der Waals surface area contributed by atoms with Crippen molar-refractivity contribution in [3.63, 3.8) is 0 Å². The number of phenols is 2. The molecule has 2 saturated carbocycles. The van der Waals surface area contributed by atoms with Crippen molar-refractivity contribution in [3.8, 4) is 11.5 Å². The standard InChI is InChI=1S/C72H90N8O19/c1-13-75-64(89)63(74)80(62(73)46-32-45(38(2)3)47(82)33-48(46)83)44-24-25-52(76-36-44)78(12)43-28-30-79(31-29-43)53(85)26-27-54(86)96-58(56(41-20-16-14-17-21-41)77-67(92)99-68(6,7)8)66(91)95-49-35-72(93)61(97-65(90)42-22-18-15-19-23-42)59-70(11,60(88)57(87)55(39(49)4)69(72,9)10)50(84)34-51-71(59,37-94-51)98-40(5)81/h14-25,32-33,36,38,43,49-51,56-59,61,73-74,82-84,87,93H,13,26-31,34-35,37H2,1-12H3,(H,75,89)(H,77,92)/t49-,50-,51?,56-,57+,58+,59-,61-,70+,71?,72+/m1/s1. The first-order valence-corrected chi connectivity index (χ1v) is 33.1. The van der Waals surface area contributed by atoms with Crippen molar-refractivity contribution in [2.75, 3.05) is 43.1 Å². The highest BCUT2D eigenvalue weighted by Crippen LogP contribution is 2.64. The second kappa shape index (κ2) is 28.9. The minimum Gasteiger partial charge on any atom is -0.508 e. The lowest BCUT2D eigenvalue weighted by atomic mass is 9.44. The number of carbonyl (C=O) groups is 8. The molecule has 9 N–H and O–H groups in total. The number of phenolic OH excluding ortho intramolecular Hbond substituents is 2. The van der Waals surface area contributed by atoms with Gasteiger partial charge in [0.25, 0.3) is 5.91 Å². The maximum Gasteiger partial charge on any atom is 0.408 e. The number of nitrogens with zero attached hydrogens (tertiary/aromatic N) is 4. The third-order valence-electron chi connectivity index (χ3n) is 20.1. The van der Waals surface area contributed by atoms with Crippen molar-refractivity contribution < 1.29 is 92.3 Å². The number of aromatic hydroxyl groups is 2. The summed E-state index contributed by atoms with van der Waals surface area (Å²) >= 11 is 0. The molecule has 2 aliphatic heterocycles. The highest BCUT2D eigenvalue weighted by atomic mass is 16.6. The number of likely N-dealkylation sites (N-methyl/N-ethyl adjacent to an activating group) is 1. The van der Waals surface area contributed by atoms with Gasteiger partial charge >= 0.3 is 30.0 Å². The molecule has 4 fully saturated rings. The summed E-state index contributed by atoms with van der Waals surface area (Å²) in [7, 11) is 1.81. The van der Waals surface area contributed by atoms with Gasteiger partial charge in [0.05, 0.1) is 53.5 Å². The molecule has 27 heteroatoms. The van der Waals surface area contributed by atoms with E-state index in [9.17, 15) is 54.3 Å². The Morgan fingerprint density at radius 3 is 2.11 bits per heavy atom. The van der Waals surface area contributed by atoms with E-state index < -0.39 is 160 Å². The number of esters is 4. The molecule has 3 heterocycles. The Kier molecular flexibility index (Phi) is 21.6. The number of hydrogen-bond donors (Lipinski definition) is 9. The van der Waals surface area contributed by atoms with E-state index in [0.29, 0.717) is 24.2 Å². The first kappa shape index (κ1) is 73.9. The number of hydrogen-bond acceptors (Lipinski definition) is 23. The molecule has 0 radical (unpaired) electrons. The van der Waals surface area contributed by atoms with Crippen LogP contribution in [-0.4, -0.2) is 187 Å². The van der Waals surface area contributed by atoms with E-state index in [-0.39, 0.29) is 83.9 Å². The van der Waals surface area contributed by atoms with Gasteiger partial charge in [-0.2, -0.15) is 0 Å². The molecular weight excluding hydrogens is 1280 g/mol. The van der Waals surface area contributed by atoms with Gasteiger partial charge in [-0.3, -0.25) is 39.7 Å². The second-order valence-electron chi connectivity index (χ2n) is 28.1. The molecular formula is C72H90N8O19. The first-order valence-electron chi connectivity index (χ1n) is 33.1. The number of fused-ring (bicyclic) bond motifs is 5. The van der Waals surface area contributed by atoms with Crippen molar-refractivity contribution in [1.82, 2.24) is 20.5 Å². The number of ether oxygens (including phenoxy) is 6. The van der Waals surface area contributed by atoms with Crippen molar-refractivity contribution in [2.24, 2.45) is 16.7 Å². The van der Waals surface area contributed by atoms with E-state index in [1.54, 1.807) is 93.3 Å². The summed E-state index contributed by atoms with van der Waals surface area (Å²) in [6.45, 7) is 17.4. The van der Waals surface area contributed by atoms with Crippen LogP contribution in [0.3, 0.4) is 0 Å². The van der Waals surface area contributed by atoms with E-state index in [1.165, 1.54) is 52.1 Å². The number of likely N-dealkylation sites (tertiary alicyclic amines) is 1. The minimum atomic E-state index is -2.51. The van der Waals surface area contributed by atoms with Crippen LogP contribution in [-0.2, 0) is 57.2 Å². The summed E-state index contributed by atoms with van der Waals surface area (Å²) in [5, 5.41) is 83.3. The van der Waals surface area contributed by atoms with Crippen LogP contribution in [0.5, 0.6) is 11.5 Å². The van der Waals surface area contributed by atoms with Crippen LogP contribution in [0.2, 0.25) is 0 Å². The molecule has 11 atom stereocenters. The van der Waals surface area contributed by atoms with E-state index in [0.717, 1.165) is 17.9 Å². The highest BCUT2D eigenvalue weighted by Gasteiger charge is 2.78. The van der Waals surface area contributed by atoms with E-state index >= 15 is 9.59 Å². The SMILES string of the molecule is CCNC(=O)C(=N)N(C(=N)c1cc(C(C)C)c(O)cc1O)c1ccc(N(C)C2CCN(C(=O)CCC(=O)O[C@H](C(=O)O[C@@H]3C[C@]4(O)[C@H](OC(=O)c5ccccc5)[C@H]5C6(OC(C)=O)COC6C[C@@H](O)[C@]5(C)C(=O)[C@@H](O)C(=C3C)C4(C)C)[C@H](NC(=O)OC(C)(C)C)c3ccccc3)CC2)nc1. The molecule has 0 spiro atoms. The zero-order valence-corrected chi connectivity index (χ0v) is 57.7. The number of aromatic nitrogens is 1. The third-order valence-corrected chi connectivity index (χ3v) is 20.1. The number of carbonyl (C=O) groups excluding carboxylic acids is 8. The number of amides is 3. The number of nitrogens with one attached hydrogen (secondary N) is 4. The van der Waals surface area contributed by atoms with Crippen molar-refractivity contribution >= 4 is 70.7 Å². The number of rotatable bonds is 18. The molecule has 27 nitrogen and oxygen atoms in total. The zero-order valence-electron chi connectivity index (χ0n) is 57.7. The van der Waals surface area contributed by atoms with E-state index in [1.807, 2.05) is 25.8 Å². The predicted molar refractivity (Wildman–Crippen MR) is 359 cm³/mol. The van der Waals surface area contributed by atoms with Crippen LogP contribution < -0.4 is 20.4 Å². The molecule has 2 saturated heterocycles. The predicted octanol–water partition coefficient (Wildman–Crippen LogP) is 6.59. The van der Waals surface area contributed by atoms with Gasteiger partial charge in [0.2, 0.25) is 12.0 Å². The number of anilines is 2. The van der Waals surface area contributed by atoms with Crippen LogP contribution >= 0.6 is 0 Å². The number of aliphatic hydroxyl groups is 3. The molecule has 3 aliphatic carbocycles. The summed E-state index contributed by atoms with van der Waals surface area (Å²) in [6, 6.07) is 19.7. The number of Topliss-reactive ketones (excluding diaryl/α,β-unsaturated/α-hetero) is 1. The lowest BCUT2D eigenvalue weighted by Crippen LogP contribution is -2.81. The average Bonchev–Trinajstić information content (AvgIpc) is 0.670. The number of alkyl carbamates (subject to hydrolysis) is 1. The lowest BCUT2D eigenvalue weighted by Gasteiger charge is -2.67. The van der Waals surface area contributed by atoms with Gasteiger partial charge < -0.3 is 74.4 Å². The van der Waals surface area contributed by atoms with Crippen LogP contribution in [0.1, 0.15) is 154 Å². The summed E-state index contributed by atoms with van der Waals surface area (Å²) < 4.78 is 36.6. The molecule has 532 valence electrons. The minimum absolute atomic E-state index is 0.0173. The molecule has 2 unspecified atom stereocenters. The van der Waals surface area contributed by atoms with E-state index in [2.05, 4.69) is 15.6 Å². The quantitative estimate of drug-likeness (QED) is 0.0167. The van der Waals surface area contributed by atoms with Crippen molar-refractivity contribution in [1.29, 1.82) is 10.8 Å². The summed E-state index contributed by atoms with van der Waals surface area (Å²) in [5.74, 6) is -9.42. The Hall–Kier alpha value is -9.31. The van der Waals surface area contributed by atoms with Crippen molar-refractivity contribution in [2.45, 2.75) is 186 Å². The average molecular weight is 1370 g/mol. The Balaban J connectivity index is 0.966. The van der Waals surface area contributed by atoms with Crippen molar-refractivity contribution in [3.05, 3.63) is 125 Å².